The number of piperazine rings is 1. The second-order valence-corrected chi connectivity index (χ2v) is 7.22. The average molecular weight is 418 g/mol. The molecule has 5 rings (SSSR count). The molecule has 3 N–H and O–H groups in total. The second-order valence-electron chi connectivity index (χ2n) is 7.22. The SMILES string of the molecule is COc1ncccc1-n1cnc2c(N)nc(N3CCN(c4ccc(O)cc4)CC3)nc21. The van der Waals surface area contributed by atoms with Crippen molar-refractivity contribution in [3.63, 3.8) is 0 Å². The van der Waals surface area contributed by atoms with Crippen LogP contribution in [0.1, 0.15) is 0 Å². The Labute approximate surface area is 178 Å². The largest absolute Gasteiger partial charge is 0.508 e. The zero-order valence-electron chi connectivity index (χ0n) is 17.0. The van der Waals surface area contributed by atoms with Crippen molar-refractivity contribution in [3.05, 3.63) is 48.9 Å². The van der Waals surface area contributed by atoms with E-state index in [1.807, 2.05) is 28.8 Å². The topological polar surface area (TPSA) is 118 Å². The molecule has 1 saturated heterocycles. The Morgan fingerprint density at radius 3 is 2.45 bits per heavy atom. The van der Waals surface area contributed by atoms with E-state index in [0.29, 0.717) is 28.8 Å². The lowest BCUT2D eigenvalue weighted by atomic mass is 10.2. The van der Waals surface area contributed by atoms with E-state index in [4.69, 9.17) is 15.5 Å². The van der Waals surface area contributed by atoms with Crippen LogP contribution in [-0.4, -0.2) is 62.9 Å². The number of nitrogens with two attached hydrogens (primary N) is 1. The highest BCUT2D eigenvalue weighted by Crippen LogP contribution is 2.27. The molecule has 0 unspecified atom stereocenters. The number of nitrogen functional groups attached to an aromatic ring is 1. The smallest absolute Gasteiger partial charge is 0.238 e. The molecule has 0 amide bonds. The van der Waals surface area contributed by atoms with Gasteiger partial charge in [-0.1, -0.05) is 0 Å². The van der Waals surface area contributed by atoms with Gasteiger partial charge in [-0.05, 0) is 36.4 Å². The predicted octanol–water partition coefficient (Wildman–Crippen LogP) is 1.83. The molecule has 0 spiro atoms. The summed E-state index contributed by atoms with van der Waals surface area (Å²) in [5, 5.41) is 9.50. The van der Waals surface area contributed by atoms with E-state index >= 15 is 0 Å². The van der Waals surface area contributed by atoms with Gasteiger partial charge in [0.15, 0.2) is 17.0 Å². The summed E-state index contributed by atoms with van der Waals surface area (Å²) in [7, 11) is 1.58. The summed E-state index contributed by atoms with van der Waals surface area (Å²) in [6.45, 7) is 3.11. The van der Waals surface area contributed by atoms with Crippen molar-refractivity contribution in [2.45, 2.75) is 0 Å². The molecule has 0 atom stereocenters. The summed E-state index contributed by atoms with van der Waals surface area (Å²) in [5.41, 5.74) is 9.18. The van der Waals surface area contributed by atoms with Gasteiger partial charge in [0, 0.05) is 38.1 Å². The molecule has 1 aliphatic rings. The molecule has 1 aliphatic heterocycles. The van der Waals surface area contributed by atoms with Gasteiger partial charge < -0.3 is 25.4 Å². The van der Waals surface area contributed by atoms with Crippen molar-refractivity contribution < 1.29 is 9.84 Å². The summed E-state index contributed by atoms with van der Waals surface area (Å²) in [6.07, 6.45) is 3.32. The van der Waals surface area contributed by atoms with E-state index in [0.717, 1.165) is 37.6 Å². The Morgan fingerprint density at radius 1 is 0.968 bits per heavy atom. The van der Waals surface area contributed by atoms with Gasteiger partial charge in [-0.3, -0.25) is 4.57 Å². The molecule has 31 heavy (non-hydrogen) atoms. The number of methoxy groups -OCH3 is 1. The Bertz CT molecular complexity index is 1220. The highest BCUT2D eigenvalue weighted by atomic mass is 16.5. The first-order chi connectivity index (χ1) is 15.1. The number of nitrogens with zero attached hydrogens (tertiary/aromatic N) is 7. The molecule has 4 aromatic rings. The van der Waals surface area contributed by atoms with Crippen LogP contribution in [0.5, 0.6) is 11.6 Å². The number of anilines is 3. The molecule has 1 aromatic carbocycles. The quantitative estimate of drug-likeness (QED) is 0.512. The van der Waals surface area contributed by atoms with Gasteiger partial charge in [0.05, 0.1) is 7.11 Å². The molecule has 0 bridgehead atoms. The average Bonchev–Trinajstić information content (AvgIpc) is 3.24. The summed E-state index contributed by atoms with van der Waals surface area (Å²) >= 11 is 0. The number of hydrogen-bond donors (Lipinski definition) is 2. The molecular formula is C21H22N8O2. The third kappa shape index (κ3) is 3.41. The minimum atomic E-state index is 0.265. The lowest BCUT2D eigenvalue weighted by Gasteiger charge is -2.36. The monoisotopic (exact) mass is 418 g/mol. The van der Waals surface area contributed by atoms with Crippen LogP contribution in [0.4, 0.5) is 17.5 Å². The molecule has 0 aliphatic carbocycles. The van der Waals surface area contributed by atoms with Crippen LogP contribution in [0, 0.1) is 0 Å². The van der Waals surface area contributed by atoms with Crippen molar-refractivity contribution in [2.75, 3.05) is 48.8 Å². The lowest BCUT2D eigenvalue weighted by molar-refractivity contribution is 0.396. The van der Waals surface area contributed by atoms with Crippen molar-refractivity contribution >= 4 is 28.6 Å². The molecule has 10 nitrogen and oxygen atoms in total. The van der Waals surface area contributed by atoms with Crippen molar-refractivity contribution in [1.82, 2.24) is 24.5 Å². The number of ether oxygens (including phenoxy) is 1. The van der Waals surface area contributed by atoms with E-state index in [2.05, 4.69) is 24.8 Å². The number of hydrogen-bond acceptors (Lipinski definition) is 9. The number of imidazole rings is 1. The molecule has 0 saturated carbocycles. The van der Waals surface area contributed by atoms with E-state index in [1.54, 1.807) is 31.8 Å². The highest BCUT2D eigenvalue weighted by molar-refractivity contribution is 5.84. The van der Waals surface area contributed by atoms with Gasteiger partial charge in [0.1, 0.15) is 17.8 Å². The Morgan fingerprint density at radius 2 is 1.71 bits per heavy atom. The fraction of sp³-hybridized carbons (Fsp3) is 0.238. The van der Waals surface area contributed by atoms with Crippen LogP contribution >= 0.6 is 0 Å². The maximum absolute atomic E-state index is 9.50. The molecule has 10 heteroatoms. The predicted molar refractivity (Wildman–Crippen MR) is 118 cm³/mol. The van der Waals surface area contributed by atoms with Crippen molar-refractivity contribution in [2.24, 2.45) is 0 Å². The third-order valence-electron chi connectivity index (χ3n) is 5.39. The molecule has 1 fully saturated rings. The Balaban J connectivity index is 1.44. The number of aromatic hydroxyl groups is 1. The first-order valence-corrected chi connectivity index (χ1v) is 9.93. The zero-order valence-corrected chi connectivity index (χ0v) is 17.0. The van der Waals surface area contributed by atoms with Crippen molar-refractivity contribution in [1.29, 1.82) is 0 Å². The maximum Gasteiger partial charge on any atom is 0.238 e. The fourth-order valence-electron chi connectivity index (χ4n) is 3.78. The maximum atomic E-state index is 9.50. The summed E-state index contributed by atoms with van der Waals surface area (Å²) in [6, 6.07) is 11.0. The third-order valence-corrected chi connectivity index (χ3v) is 5.39. The van der Waals surface area contributed by atoms with Gasteiger partial charge in [0.2, 0.25) is 11.8 Å². The molecule has 158 valence electrons. The number of pyridine rings is 1. The highest BCUT2D eigenvalue weighted by Gasteiger charge is 2.22. The summed E-state index contributed by atoms with van der Waals surface area (Å²) in [5.74, 6) is 1.65. The van der Waals surface area contributed by atoms with Gasteiger partial charge in [-0.15, -0.1) is 0 Å². The summed E-state index contributed by atoms with van der Waals surface area (Å²) in [4.78, 5) is 22.3. The normalized spacial score (nSPS) is 14.2. The number of benzene rings is 1. The number of phenolic OH excluding ortho intramolecular Hbond substituents is 1. The first kappa shape index (κ1) is 18.9. The van der Waals surface area contributed by atoms with Gasteiger partial charge >= 0.3 is 0 Å². The summed E-state index contributed by atoms with van der Waals surface area (Å²) < 4.78 is 7.20. The van der Waals surface area contributed by atoms with Crippen LogP contribution in [0.25, 0.3) is 16.9 Å². The minimum absolute atomic E-state index is 0.265. The van der Waals surface area contributed by atoms with Crippen molar-refractivity contribution in [3.8, 4) is 17.3 Å². The van der Waals surface area contributed by atoms with E-state index < -0.39 is 0 Å². The Kier molecular flexibility index (Phi) is 4.66. The molecule has 4 heterocycles. The van der Waals surface area contributed by atoms with Crippen LogP contribution in [0.3, 0.4) is 0 Å². The minimum Gasteiger partial charge on any atom is -0.508 e. The standard InChI is InChI=1S/C21H22N8O2/c1-31-20-16(3-2-8-23-20)29-13-24-17-18(22)25-21(26-19(17)29)28-11-9-27(10-12-28)14-4-6-15(30)7-5-14/h2-8,13,30H,9-12H2,1H3,(H2,22,25,26). The molecule has 3 aromatic heterocycles. The van der Waals surface area contributed by atoms with Crippen LogP contribution in [-0.2, 0) is 0 Å². The lowest BCUT2D eigenvalue weighted by Crippen LogP contribution is -2.47. The Hall–Kier alpha value is -4.08. The molecule has 0 radical (unpaired) electrons. The van der Waals surface area contributed by atoms with E-state index in [1.165, 1.54) is 0 Å². The van der Waals surface area contributed by atoms with Crippen LogP contribution in [0.15, 0.2) is 48.9 Å². The zero-order chi connectivity index (χ0) is 21.4. The van der Waals surface area contributed by atoms with Gasteiger partial charge in [-0.2, -0.15) is 9.97 Å². The molecular weight excluding hydrogens is 396 g/mol. The van der Waals surface area contributed by atoms with E-state index in [9.17, 15) is 5.11 Å². The van der Waals surface area contributed by atoms with Crippen LogP contribution < -0.4 is 20.3 Å². The van der Waals surface area contributed by atoms with Gasteiger partial charge in [0.25, 0.3) is 0 Å². The number of rotatable bonds is 4. The number of phenols is 1. The second kappa shape index (κ2) is 7.63. The number of fused-ring (bicyclic) bond motifs is 1. The number of aromatic nitrogens is 5. The van der Waals surface area contributed by atoms with Crippen LogP contribution in [0.2, 0.25) is 0 Å². The van der Waals surface area contributed by atoms with E-state index in [-0.39, 0.29) is 5.75 Å². The fourth-order valence-corrected chi connectivity index (χ4v) is 3.78. The van der Waals surface area contributed by atoms with Gasteiger partial charge in [-0.25, -0.2) is 9.97 Å². The first-order valence-electron chi connectivity index (χ1n) is 9.93.